The molecule has 3 aromatic rings. The van der Waals surface area contributed by atoms with Crippen LogP contribution in [0.5, 0.6) is 5.75 Å². The molecule has 2 atom stereocenters. The smallest absolute Gasteiger partial charge is 0.257 e. The molecule has 138 valence electrons. The van der Waals surface area contributed by atoms with Crippen LogP contribution in [-0.4, -0.2) is 30.3 Å². The van der Waals surface area contributed by atoms with Gasteiger partial charge in [-0.3, -0.25) is 10.1 Å². The summed E-state index contributed by atoms with van der Waals surface area (Å²) in [5, 5.41) is 8.64. The van der Waals surface area contributed by atoms with Crippen LogP contribution in [0.4, 0.5) is 0 Å². The second-order valence-electron chi connectivity index (χ2n) is 6.68. The third-order valence-electron chi connectivity index (χ3n) is 4.97. The number of nitrogens with one attached hydrogen (secondary N) is 3. The van der Waals surface area contributed by atoms with E-state index in [9.17, 15) is 4.79 Å². The first kappa shape index (κ1) is 17.3. The average Bonchev–Trinajstić information content (AvgIpc) is 3.08. The van der Waals surface area contributed by atoms with E-state index in [1.807, 2.05) is 36.4 Å². The van der Waals surface area contributed by atoms with Gasteiger partial charge in [-0.1, -0.05) is 30.3 Å². The van der Waals surface area contributed by atoms with Crippen molar-refractivity contribution in [1.29, 1.82) is 0 Å². The Bertz CT molecular complexity index is 1010. The predicted octanol–water partition coefficient (Wildman–Crippen LogP) is 2.90. The van der Waals surface area contributed by atoms with Gasteiger partial charge in [-0.2, -0.15) is 5.10 Å². The first-order valence-corrected chi connectivity index (χ1v) is 8.99. The number of fused-ring (bicyclic) bond motifs is 3. The molecule has 0 saturated carbocycles. The summed E-state index contributed by atoms with van der Waals surface area (Å²) in [5.74, 6) is 0.562. The van der Waals surface area contributed by atoms with Crippen LogP contribution in [0.25, 0.3) is 10.9 Å². The largest absolute Gasteiger partial charge is 0.496 e. The van der Waals surface area contributed by atoms with E-state index in [1.165, 1.54) is 10.9 Å². The van der Waals surface area contributed by atoms with Crippen LogP contribution < -0.4 is 15.5 Å². The van der Waals surface area contributed by atoms with Crippen molar-refractivity contribution < 1.29 is 9.53 Å². The lowest BCUT2D eigenvalue weighted by atomic mass is 9.94. The van der Waals surface area contributed by atoms with Crippen molar-refractivity contribution in [3.8, 4) is 5.75 Å². The first-order valence-electron chi connectivity index (χ1n) is 8.99. The maximum Gasteiger partial charge on any atom is 0.257 e. The van der Waals surface area contributed by atoms with E-state index in [2.05, 4.69) is 39.9 Å². The van der Waals surface area contributed by atoms with Crippen molar-refractivity contribution in [3.05, 3.63) is 65.4 Å². The molecule has 1 aromatic heterocycles. The molecule has 6 heteroatoms. The van der Waals surface area contributed by atoms with E-state index in [4.69, 9.17) is 4.74 Å². The van der Waals surface area contributed by atoms with Gasteiger partial charge in [0.1, 0.15) is 5.75 Å². The number of hydrazone groups is 1. The summed E-state index contributed by atoms with van der Waals surface area (Å²) >= 11 is 0. The standard InChI is InChI=1S/C21H22N4O2/c1-13-20-16(15-8-4-5-9-17(15)24-20)11-18(23-13)21(26)25-22-12-14-7-3-6-10-19(14)27-2/h3-10,12-13,18,23-24H,11H2,1-2H3,(H,25,26)/b22-12+. The Hall–Kier alpha value is -3.12. The minimum atomic E-state index is -0.332. The highest BCUT2D eigenvalue weighted by molar-refractivity contribution is 5.89. The van der Waals surface area contributed by atoms with Crippen LogP contribution in [0.15, 0.2) is 53.6 Å². The maximum atomic E-state index is 12.6. The number of ether oxygens (including phenoxy) is 1. The molecule has 6 nitrogen and oxygen atoms in total. The number of H-pyrrole nitrogens is 1. The van der Waals surface area contributed by atoms with E-state index in [1.54, 1.807) is 13.3 Å². The van der Waals surface area contributed by atoms with Crippen LogP contribution in [0.3, 0.4) is 0 Å². The summed E-state index contributed by atoms with van der Waals surface area (Å²) in [6.45, 7) is 2.06. The lowest BCUT2D eigenvalue weighted by molar-refractivity contribution is -0.123. The number of nitrogens with zero attached hydrogens (tertiary/aromatic N) is 1. The Labute approximate surface area is 157 Å². The molecule has 2 unspecified atom stereocenters. The number of benzene rings is 2. The van der Waals surface area contributed by atoms with Gasteiger partial charge in [-0.15, -0.1) is 0 Å². The quantitative estimate of drug-likeness (QED) is 0.493. The number of hydrogen-bond acceptors (Lipinski definition) is 4. The van der Waals surface area contributed by atoms with Gasteiger partial charge in [0, 0.05) is 28.2 Å². The van der Waals surface area contributed by atoms with Crippen molar-refractivity contribution in [2.45, 2.75) is 25.4 Å². The molecule has 0 fully saturated rings. The van der Waals surface area contributed by atoms with Crippen LogP contribution in [0, 0.1) is 0 Å². The molecule has 4 rings (SSSR count). The zero-order chi connectivity index (χ0) is 18.8. The molecule has 0 bridgehead atoms. The van der Waals surface area contributed by atoms with Crippen LogP contribution in [0.2, 0.25) is 0 Å². The van der Waals surface area contributed by atoms with Gasteiger partial charge in [0.05, 0.1) is 19.4 Å². The van der Waals surface area contributed by atoms with Crippen molar-refractivity contribution in [1.82, 2.24) is 15.7 Å². The number of aromatic amines is 1. The third kappa shape index (κ3) is 3.31. The SMILES string of the molecule is COc1ccccc1/C=N/NC(=O)C1Cc2c([nH]c3ccccc23)C(C)N1. The Morgan fingerprint density at radius 2 is 2.00 bits per heavy atom. The molecule has 0 saturated heterocycles. The predicted molar refractivity (Wildman–Crippen MR) is 106 cm³/mol. The van der Waals surface area contributed by atoms with E-state index < -0.39 is 0 Å². The van der Waals surface area contributed by atoms with Crippen LogP contribution in [0.1, 0.15) is 29.8 Å². The molecule has 0 spiro atoms. The Morgan fingerprint density at radius 3 is 2.85 bits per heavy atom. The first-order chi connectivity index (χ1) is 13.2. The third-order valence-corrected chi connectivity index (χ3v) is 4.97. The molecule has 1 aliphatic rings. The van der Waals surface area contributed by atoms with Gasteiger partial charge in [0.2, 0.25) is 0 Å². The highest BCUT2D eigenvalue weighted by atomic mass is 16.5. The number of carbonyl (C=O) groups is 1. The highest BCUT2D eigenvalue weighted by Gasteiger charge is 2.30. The molecule has 1 aliphatic heterocycles. The van der Waals surface area contributed by atoms with Crippen molar-refractivity contribution in [2.75, 3.05) is 7.11 Å². The summed E-state index contributed by atoms with van der Waals surface area (Å²) in [4.78, 5) is 16.1. The second kappa shape index (κ2) is 7.25. The van der Waals surface area contributed by atoms with E-state index in [-0.39, 0.29) is 18.0 Å². The van der Waals surface area contributed by atoms with Gasteiger partial charge >= 0.3 is 0 Å². The fraction of sp³-hybridized carbons (Fsp3) is 0.238. The Morgan fingerprint density at radius 1 is 1.22 bits per heavy atom. The summed E-state index contributed by atoms with van der Waals surface area (Å²) in [7, 11) is 1.61. The zero-order valence-corrected chi connectivity index (χ0v) is 15.3. The fourth-order valence-electron chi connectivity index (χ4n) is 3.64. The van der Waals surface area contributed by atoms with Crippen LogP contribution >= 0.6 is 0 Å². The maximum absolute atomic E-state index is 12.6. The fourth-order valence-corrected chi connectivity index (χ4v) is 3.64. The monoisotopic (exact) mass is 362 g/mol. The molecular weight excluding hydrogens is 340 g/mol. The van der Waals surface area contributed by atoms with Crippen molar-refractivity contribution in [2.24, 2.45) is 5.10 Å². The molecular formula is C21H22N4O2. The summed E-state index contributed by atoms with van der Waals surface area (Å²) in [6, 6.07) is 15.4. The number of rotatable bonds is 4. The molecule has 27 heavy (non-hydrogen) atoms. The average molecular weight is 362 g/mol. The van der Waals surface area contributed by atoms with Crippen LogP contribution in [-0.2, 0) is 11.2 Å². The minimum Gasteiger partial charge on any atom is -0.496 e. The lowest BCUT2D eigenvalue weighted by Gasteiger charge is -2.27. The van der Waals surface area contributed by atoms with Gasteiger partial charge < -0.3 is 9.72 Å². The zero-order valence-electron chi connectivity index (χ0n) is 15.3. The number of carbonyl (C=O) groups excluding carboxylic acids is 1. The van der Waals surface area contributed by atoms with Gasteiger partial charge in [0.25, 0.3) is 5.91 Å². The topological polar surface area (TPSA) is 78.5 Å². The number of hydrogen-bond donors (Lipinski definition) is 3. The Balaban J connectivity index is 1.49. The summed E-state index contributed by atoms with van der Waals surface area (Å²) in [6.07, 6.45) is 2.22. The molecule has 0 radical (unpaired) electrons. The van der Waals surface area contributed by atoms with Gasteiger partial charge in [0.15, 0.2) is 0 Å². The minimum absolute atomic E-state index is 0.0649. The summed E-state index contributed by atoms with van der Waals surface area (Å²) in [5.41, 5.74) is 6.91. The second-order valence-corrected chi connectivity index (χ2v) is 6.68. The van der Waals surface area contributed by atoms with Gasteiger partial charge in [-0.05, 0) is 37.1 Å². The normalized spacial score (nSPS) is 19.2. The molecule has 2 heterocycles. The number of methoxy groups -OCH3 is 1. The number of amides is 1. The molecule has 2 aromatic carbocycles. The van der Waals surface area contributed by atoms with E-state index in [0.717, 1.165) is 16.8 Å². The molecule has 1 amide bonds. The highest BCUT2D eigenvalue weighted by Crippen LogP contribution is 2.31. The number of para-hydroxylation sites is 2. The Kier molecular flexibility index (Phi) is 4.64. The molecule has 3 N–H and O–H groups in total. The van der Waals surface area contributed by atoms with E-state index >= 15 is 0 Å². The summed E-state index contributed by atoms with van der Waals surface area (Å²) < 4.78 is 5.28. The lowest BCUT2D eigenvalue weighted by Crippen LogP contribution is -2.47. The molecule has 0 aliphatic carbocycles. The van der Waals surface area contributed by atoms with Gasteiger partial charge in [-0.25, -0.2) is 5.43 Å². The van der Waals surface area contributed by atoms with Crippen molar-refractivity contribution in [3.63, 3.8) is 0 Å². The van der Waals surface area contributed by atoms with Crippen molar-refractivity contribution >= 4 is 23.0 Å². The number of aromatic nitrogens is 1. The van der Waals surface area contributed by atoms with E-state index in [0.29, 0.717) is 12.2 Å².